The molecule has 0 saturated carbocycles. The van der Waals surface area contributed by atoms with Crippen LogP contribution >= 0.6 is 0 Å². The Morgan fingerprint density at radius 3 is 2.33 bits per heavy atom. The zero-order chi connectivity index (χ0) is 22.2. The number of fused-ring (bicyclic) bond motifs is 1. The molecule has 1 amide bonds. The summed E-state index contributed by atoms with van der Waals surface area (Å²) in [6.45, 7) is 8.40. The molecule has 2 aromatic carbocycles. The highest BCUT2D eigenvalue weighted by atomic mass is 19.1. The van der Waals surface area contributed by atoms with Gasteiger partial charge in [0.05, 0.1) is 16.9 Å². The van der Waals surface area contributed by atoms with E-state index >= 15 is 0 Å². The lowest BCUT2D eigenvalue weighted by atomic mass is 10.1. The summed E-state index contributed by atoms with van der Waals surface area (Å²) < 4.78 is 35.3. The van der Waals surface area contributed by atoms with E-state index in [1.165, 1.54) is 6.07 Å². The molecule has 0 aliphatic heterocycles. The molecule has 3 aromatic rings. The van der Waals surface area contributed by atoms with Gasteiger partial charge in [0.15, 0.2) is 0 Å². The van der Waals surface area contributed by atoms with Gasteiger partial charge in [-0.15, -0.1) is 0 Å². The predicted octanol–water partition coefficient (Wildman–Crippen LogP) is 4.56. The third-order valence-corrected chi connectivity index (χ3v) is 4.41. The summed E-state index contributed by atoms with van der Waals surface area (Å²) in [5.74, 6) is -1.86. The molecule has 6 nitrogen and oxygen atoms in total. The first-order valence-corrected chi connectivity index (χ1v) is 9.46. The molecule has 0 unspecified atom stereocenters. The van der Waals surface area contributed by atoms with Gasteiger partial charge in [-0.1, -0.05) is 18.2 Å². The predicted molar refractivity (Wildman–Crippen MR) is 110 cm³/mol. The maximum Gasteiger partial charge on any atom is 0.408 e. The van der Waals surface area contributed by atoms with Gasteiger partial charge in [-0.05, 0) is 58.4 Å². The minimum absolute atomic E-state index is 0.0204. The van der Waals surface area contributed by atoms with E-state index in [4.69, 9.17) is 4.74 Å². The molecule has 3 rings (SSSR count). The molecule has 8 heteroatoms. The molecular formula is C22H23F2N3O3. The number of benzene rings is 2. The van der Waals surface area contributed by atoms with Crippen LogP contribution in [0.5, 0.6) is 0 Å². The van der Waals surface area contributed by atoms with E-state index in [9.17, 15) is 18.4 Å². The molecule has 0 radical (unpaired) electrons. The lowest BCUT2D eigenvalue weighted by Gasteiger charge is -2.23. The van der Waals surface area contributed by atoms with Gasteiger partial charge < -0.3 is 10.1 Å². The van der Waals surface area contributed by atoms with Crippen molar-refractivity contribution in [1.82, 2.24) is 14.9 Å². The number of para-hydroxylation sites is 1. The average Bonchev–Trinajstić information content (AvgIpc) is 2.61. The molecule has 0 fully saturated rings. The van der Waals surface area contributed by atoms with Gasteiger partial charge in [0.2, 0.25) is 0 Å². The molecule has 0 aliphatic carbocycles. The van der Waals surface area contributed by atoms with Crippen molar-refractivity contribution in [2.24, 2.45) is 0 Å². The first-order chi connectivity index (χ1) is 14.0. The fourth-order valence-corrected chi connectivity index (χ4v) is 3.17. The van der Waals surface area contributed by atoms with Crippen LogP contribution < -0.4 is 10.9 Å². The van der Waals surface area contributed by atoms with Gasteiger partial charge in [-0.3, -0.25) is 9.36 Å². The van der Waals surface area contributed by atoms with Crippen molar-refractivity contribution in [2.75, 3.05) is 0 Å². The van der Waals surface area contributed by atoms with E-state index in [2.05, 4.69) is 10.3 Å². The second-order valence-electron chi connectivity index (χ2n) is 8.02. The number of alkyl carbamates (subject to hydrolysis) is 1. The normalized spacial score (nSPS) is 12.6. The van der Waals surface area contributed by atoms with Crippen LogP contribution in [0.2, 0.25) is 0 Å². The minimum atomic E-state index is -0.919. The summed E-state index contributed by atoms with van der Waals surface area (Å²) in [6.07, 6.45) is -0.742. The van der Waals surface area contributed by atoms with E-state index in [-0.39, 0.29) is 11.2 Å². The molecule has 0 aliphatic rings. The van der Waals surface area contributed by atoms with Gasteiger partial charge in [0, 0.05) is 0 Å². The van der Waals surface area contributed by atoms with Crippen LogP contribution in [0.25, 0.3) is 16.6 Å². The van der Waals surface area contributed by atoms with Gasteiger partial charge in [0.25, 0.3) is 5.56 Å². The topological polar surface area (TPSA) is 73.2 Å². The fraction of sp³-hybridized carbons (Fsp3) is 0.318. The monoisotopic (exact) mass is 415 g/mol. The Labute approximate surface area is 172 Å². The van der Waals surface area contributed by atoms with Gasteiger partial charge in [-0.2, -0.15) is 0 Å². The number of aromatic nitrogens is 2. The minimum Gasteiger partial charge on any atom is -0.444 e. The van der Waals surface area contributed by atoms with Crippen LogP contribution in [0.1, 0.15) is 45.1 Å². The molecule has 1 atom stereocenters. The quantitative estimate of drug-likeness (QED) is 0.681. The van der Waals surface area contributed by atoms with E-state index in [1.807, 2.05) is 0 Å². The van der Waals surface area contributed by atoms with Crippen molar-refractivity contribution >= 4 is 17.0 Å². The molecule has 0 spiro atoms. The van der Waals surface area contributed by atoms with Crippen LogP contribution in [-0.2, 0) is 4.74 Å². The Morgan fingerprint density at radius 2 is 1.73 bits per heavy atom. The maximum atomic E-state index is 14.6. The number of carbonyl (C=O) groups excluding carboxylic acids is 1. The first-order valence-electron chi connectivity index (χ1n) is 9.46. The highest BCUT2D eigenvalue weighted by Gasteiger charge is 2.25. The number of aryl methyl sites for hydroxylation is 1. The van der Waals surface area contributed by atoms with Crippen molar-refractivity contribution in [2.45, 2.75) is 46.3 Å². The molecule has 0 saturated heterocycles. The highest BCUT2D eigenvalue weighted by molar-refractivity contribution is 5.81. The molecule has 30 heavy (non-hydrogen) atoms. The van der Waals surface area contributed by atoms with E-state index < -0.39 is 40.6 Å². The number of hydrogen-bond donors (Lipinski definition) is 1. The Bertz CT molecular complexity index is 1160. The molecule has 1 aromatic heterocycles. The van der Waals surface area contributed by atoms with Crippen molar-refractivity contribution in [1.29, 1.82) is 0 Å². The Morgan fingerprint density at radius 1 is 1.13 bits per heavy atom. The van der Waals surface area contributed by atoms with Crippen LogP contribution in [0, 0.1) is 18.6 Å². The molecule has 158 valence electrons. The van der Waals surface area contributed by atoms with E-state index in [0.29, 0.717) is 11.1 Å². The highest BCUT2D eigenvalue weighted by Crippen LogP contribution is 2.23. The van der Waals surface area contributed by atoms with E-state index in [0.717, 1.165) is 16.7 Å². The zero-order valence-electron chi connectivity index (χ0n) is 17.4. The average molecular weight is 415 g/mol. The van der Waals surface area contributed by atoms with Crippen molar-refractivity contribution in [3.05, 3.63) is 69.8 Å². The van der Waals surface area contributed by atoms with E-state index in [1.54, 1.807) is 52.8 Å². The van der Waals surface area contributed by atoms with Crippen molar-refractivity contribution in [3.63, 3.8) is 0 Å². The summed E-state index contributed by atoms with van der Waals surface area (Å²) >= 11 is 0. The van der Waals surface area contributed by atoms with Crippen LogP contribution in [0.3, 0.4) is 0 Å². The third kappa shape index (κ3) is 4.17. The molecule has 1 heterocycles. The number of hydrogen-bond acceptors (Lipinski definition) is 4. The number of amides is 1. The standard InChI is InChI=1S/C22H23F2N3O3/c1-12-8-6-11-16-17(12)20(28)27(18-14(23)9-7-10-15(18)24)19(26-16)13(2)25-21(29)30-22(3,4)5/h6-11,13H,1-5H3,(H,25,29)/t13-/m0/s1. The second-order valence-corrected chi connectivity index (χ2v) is 8.02. The van der Waals surface area contributed by atoms with Crippen LogP contribution in [0.15, 0.2) is 41.2 Å². The van der Waals surface area contributed by atoms with Crippen LogP contribution in [0.4, 0.5) is 13.6 Å². The number of ether oxygens (including phenoxy) is 1. The summed E-state index contributed by atoms with van der Waals surface area (Å²) in [5.41, 5.74) is -0.937. The fourth-order valence-electron chi connectivity index (χ4n) is 3.17. The SMILES string of the molecule is Cc1cccc2nc([C@H](C)NC(=O)OC(C)(C)C)n(-c3c(F)cccc3F)c(=O)c12. The number of rotatable bonds is 3. The number of carbonyl (C=O) groups is 1. The van der Waals surface area contributed by atoms with Gasteiger partial charge in [0.1, 0.15) is 28.7 Å². The second kappa shape index (κ2) is 7.85. The lowest BCUT2D eigenvalue weighted by Crippen LogP contribution is -2.37. The molecule has 1 N–H and O–H groups in total. The molecule has 0 bridgehead atoms. The first kappa shape index (κ1) is 21.4. The summed E-state index contributed by atoms with van der Waals surface area (Å²) in [6, 6.07) is 7.53. The largest absolute Gasteiger partial charge is 0.444 e. The summed E-state index contributed by atoms with van der Waals surface area (Å²) in [7, 11) is 0. The van der Waals surface area contributed by atoms with Gasteiger partial charge >= 0.3 is 6.09 Å². The van der Waals surface area contributed by atoms with Crippen molar-refractivity contribution in [3.8, 4) is 5.69 Å². The summed E-state index contributed by atoms with van der Waals surface area (Å²) in [5, 5.41) is 2.82. The molecular weight excluding hydrogens is 392 g/mol. The van der Waals surface area contributed by atoms with Crippen molar-refractivity contribution < 1.29 is 18.3 Å². The Kier molecular flexibility index (Phi) is 5.61. The van der Waals surface area contributed by atoms with Gasteiger partial charge in [-0.25, -0.2) is 18.6 Å². The number of nitrogens with zero attached hydrogens (tertiary/aromatic N) is 2. The Balaban J connectivity index is 2.25. The Hall–Kier alpha value is -3.29. The smallest absolute Gasteiger partial charge is 0.408 e. The third-order valence-electron chi connectivity index (χ3n) is 4.41. The number of nitrogens with one attached hydrogen (secondary N) is 1. The van der Waals surface area contributed by atoms with Crippen LogP contribution in [-0.4, -0.2) is 21.2 Å². The lowest BCUT2D eigenvalue weighted by molar-refractivity contribution is 0.0505. The zero-order valence-corrected chi connectivity index (χ0v) is 17.4. The summed E-state index contributed by atoms with van der Waals surface area (Å²) in [4.78, 5) is 30.0. The maximum absolute atomic E-state index is 14.6. The number of halogens is 2.